The van der Waals surface area contributed by atoms with Crippen LogP contribution in [0.1, 0.15) is 19.3 Å². The number of rotatable bonds is 8. The number of morpholine rings is 1. The Morgan fingerprint density at radius 2 is 2.15 bits per heavy atom. The maximum Gasteiger partial charge on any atom is 0.270 e. The number of sulfonamides is 1. The molecule has 1 saturated carbocycles. The van der Waals surface area contributed by atoms with Crippen molar-refractivity contribution in [3.63, 3.8) is 0 Å². The van der Waals surface area contributed by atoms with Gasteiger partial charge < -0.3 is 15.4 Å². The van der Waals surface area contributed by atoms with E-state index in [9.17, 15) is 18.5 Å². The lowest BCUT2D eigenvalue weighted by Gasteiger charge is -2.33. The van der Waals surface area contributed by atoms with Crippen molar-refractivity contribution in [2.75, 3.05) is 32.8 Å². The topological polar surface area (TPSA) is 123 Å². The van der Waals surface area contributed by atoms with E-state index >= 15 is 0 Å². The van der Waals surface area contributed by atoms with Crippen LogP contribution in [0.4, 0.5) is 5.69 Å². The van der Waals surface area contributed by atoms with Crippen LogP contribution >= 0.6 is 0 Å². The zero-order valence-corrected chi connectivity index (χ0v) is 15.9. The second kappa shape index (κ2) is 9.07. The SMILES string of the molecule is O=[N+]([O-])c1cccc(S(=O)(=O)NCCNC2CCCC2C2COCCN2)c1. The van der Waals surface area contributed by atoms with Crippen LogP contribution in [-0.4, -0.2) is 58.3 Å². The lowest BCUT2D eigenvalue weighted by atomic mass is 9.94. The summed E-state index contributed by atoms with van der Waals surface area (Å²) in [6, 6.07) is 5.74. The maximum atomic E-state index is 12.3. The normalized spacial score (nSPS) is 26.1. The molecule has 0 amide bonds. The van der Waals surface area contributed by atoms with Gasteiger partial charge in [-0.2, -0.15) is 0 Å². The Morgan fingerprint density at radius 3 is 2.89 bits per heavy atom. The second-order valence-electron chi connectivity index (χ2n) is 6.94. The largest absolute Gasteiger partial charge is 0.379 e. The van der Waals surface area contributed by atoms with Crippen LogP contribution in [0.15, 0.2) is 29.2 Å². The molecule has 3 unspecified atom stereocenters. The molecule has 3 rings (SSSR count). The molecular weight excluding hydrogens is 372 g/mol. The molecule has 1 aliphatic heterocycles. The predicted molar refractivity (Wildman–Crippen MR) is 100 cm³/mol. The van der Waals surface area contributed by atoms with Crippen LogP contribution in [0.2, 0.25) is 0 Å². The van der Waals surface area contributed by atoms with Crippen LogP contribution in [0, 0.1) is 16.0 Å². The summed E-state index contributed by atoms with van der Waals surface area (Å²) in [5.74, 6) is 0.485. The molecule has 3 N–H and O–H groups in total. The molecule has 150 valence electrons. The fourth-order valence-corrected chi connectivity index (χ4v) is 4.95. The summed E-state index contributed by atoms with van der Waals surface area (Å²) in [6.07, 6.45) is 3.36. The van der Waals surface area contributed by atoms with E-state index in [1.54, 1.807) is 0 Å². The molecule has 0 spiro atoms. The minimum atomic E-state index is -3.77. The van der Waals surface area contributed by atoms with Crippen molar-refractivity contribution in [1.82, 2.24) is 15.4 Å². The highest BCUT2D eigenvalue weighted by molar-refractivity contribution is 7.89. The molecule has 1 heterocycles. The summed E-state index contributed by atoms with van der Waals surface area (Å²) in [5.41, 5.74) is -0.244. The van der Waals surface area contributed by atoms with Gasteiger partial charge in [-0.05, 0) is 24.8 Å². The first-order chi connectivity index (χ1) is 13.0. The van der Waals surface area contributed by atoms with Gasteiger partial charge >= 0.3 is 0 Å². The number of nitrogens with zero attached hydrogens (tertiary/aromatic N) is 1. The van der Waals surface area contributed by atoms with E-state index in [0.29, 0.717) is 24.5 Å². The minimum Gasteiger partial charge on any atom is -0.379 e. The lowest BCUT2D eigenvalue weighted by molar-refractivity contribution is -0.385. The Morgan fingerprint density at radius 1 is 1.30 bits per heavy atom. The highest BCUT2D eigenvalue weighted by atomic mass is 32.2. The fraction of sp³-hybridized carbons (Fsp3) is 0.647. The number of non-ortho nitro benzene ring substituents is 1. The van der Waals surface area contributed by atoms with Crippen molar-refractivity contribution in [3.05, 3.63) is 34.4 Å². The first-order valence-corrected chi connectivity index (χ1v) is 10.7. The third-order valence-electron chi connectivity index (χ3n) is 5.20. The Kier molecular flexibility index (Phi) is 6.77. The molecule has 3 atom stereocenters. The summed E-state index contributed by atoms with van der Waals surface area (Å²) < 4.78 is 32.7. The number of nitro benzene ring substituents is 1. The van der Waals surface area contributed by atoms with Crippen LogP contribution in [0.25, 0.3) is 0 Å². The number of hydrogen-bond acceptors (Lipinski definition) is 7. The van der Waals surface area contributed by atoms with E-state index in [0.717, 1.165) is 45.1 Å². The molecule has 27 heavy (non-hydrogen) atoms. The van der Waals surface area contributed by atoms with Gasteiger partial charge in [-0.3, -0.25) is 10.1 Å². The zero-order valence-electron chi connectivity index (χ0n) is 15.1. The third kappa shape index (κ3) is 5.23. The molecule has 1 aromatic rings. The summed E-state index contributed by atoms with van der Waals surface area (Å²) in [4.78, 5) is 10.1. The van der Waals surface area contributed by atoms with E-state index < -0.39 is 14.9 Å². The standard InChI is InChI=1S/C17H26N4O5S/c22-21(23)13-3-1-4-14(11-13)27(24,25)20-8-7-18-16-6-2-5-15(16)17-12-26-10-9-19-17/h1,3-4,11,15-20H,2,5-10,12H2. The van der Waals surface area contributed by atoms with Gasteiger partial charge in [0.2, 0.25) is 10.0 Å². The van der Waals surface area contributed by atoms with Crippen LogP contribution < -0.4 is 15.4 Å². The number of ether oxygens (including phenoxy) is 1. The number of benzene rings is 1. The molecule has 10 heteroatoms. The molecule has 9 nitrogen and oxygen atoms in total. The van der Waals surface area contributed by atoms with Crippen molar-refractivity contribution >= 4 is 15.7 Å². The van der Waals surface area contributed by atoms with E-state index in [1.165, 1.54) is 18.2 Å². The molecular formula is C17H26N4O5S. The van der Waals surface area contributed by atoms with Crippen molar-refractivity contribution in [1.29, 1.82) is 0 Å². The van der Waals surface area contributed by atoms with E-state index in [1.807, 2.05) is 0 Å². The summed E-state index contributed by atoms with van der Waals surface area (Å²) in [5, 5.41) is 17.8. The Bertz CT molecular complexity index is 751. The average molecular weight is 398 g/mol. The van der Waals surface area contributed by atoms with Gasteiger partial charge in [0.15, 0.2) is 0 Å². The highest BCUT2D eigenvalue weighted by Crippen LogP contribution is 2.29. The first-order valence-electron chi connectivity index (χ1n) is 9.26. The van der Waals surface area contributed by atoms with E-state index in [-0.39, 0.29) is 17.1 Å². The van der Waals surface area contributed by atoms with Gasteiger partial charge in [0.25, 0.3) is 5.69 Å². The van der Waals surface area contributed by atoms with Crippen LogP contribution in [0.3, 0.4) is 0 Å². The molecule has 2 fully saturated rings. The molecule has 1 aromatic carbocycles. The van der Waals surface area contributed by atoms with Gasteiger partial charge in [-0.15, -0.1) is 0 Å². The van der Waals surface area contributed by atoms with Gasteiger partial charge in [0.1, 0.15) is 0 Å². The molecule has 2 aliphatic rings. The monoisotopic (exact) mass is 398 g/mol. The maximum absolute atomic E-state index is 12.3. The molecule has 0 aromatic heterocycles. The Balaban J connectivity index is 1.49. The van der Waals surface area contributed by atoms with Gasteiger partial charge in [0.05, 0.1) is 23.0 Å². The third-order valence-corrected chi connectivity index (χ3v) is 6.66. The molecule has 0 bridgehead atoms. The first kappa shape index (κ1) is 20.2. The summed E-state index contributed by atoms with van der Waals surface area (Å²) >= 11 is 0. The zero-order chi connectivity index (χ0) is 19.3. The molecule has 0 radical (unpaired) electrons. The molecule has 1 saturated heterocycles. The number of nitrogens with one attached hydrogen (secondary N) is 3. The smallest absolute Gasteiger partial charge is 0.270 e. The predicted octanol–water partition coefficient (Wildman–Crippen LogP) is 0.620. The fourth-order valence-electron chi connectivity index (χ4n) is 3.87. The summed E-state index contributed by atoms with van der Waals surface area (Å²) in [6.45, 7) is 3.08. The van der Waals surface area contributed by atoms with Crippen LogP contribution in [-0.2, 0) is 14.8 Å². The number of hydrogen-bond donors (Lipinski definition) is 3. The highest BCUT2D eigenvalue weighted by Gasteiger charge is 2.34. The van der Waals surface area contributed by atoms with E-state index in [2.05, 4.69) is 15.4 Å². The lowest BCUT2D eigenvalue weighted by Crippen LogP contribution is -2.51. The molecule has 1 aliphatic carbocycles. The number of nitro groups is 1. The Labute approximate surface area is 159 Å². The van der Waals surface area contributed by atoms with Gasteiger partial charge in [0, 0.05) is 43.9 Å². The Hall–Kier alpha value is -1.59. The van der Waals surface area contributed by atoms with E-state index in [4.69, 9.17) is 4.74 Å². The van der Waals surface area contributed by atoms with Crippen molar-refractivity contribution in [3.8, 4) is 0 Å². The average Bonchev–Trinajstić information content (AvgIpc) is 3.14. The summed E-state index contributed by atoms with van der Waals surface area (Å²) in [7, 11) is -3.77. The van der Waals surface area contributed by atoms with Gasteiger partial charge in [-0.25, -0.2) is 13.1 Å². The quantitative estimate of drug-likeness (QED) is 0.333. The minimum absolute atomic E-state index is 0.0982. The van der Waals surface area contributed by atoms with Crippen molar-refractivity contribution in [2.45, 2.75) is 36.2 Å². The van der Waals surface area contributed by atoms with Crippen LogP contribution in [0.5, 0.6) is 0 Å². The van der Waals surface area contributed by atoms with Crippen molar-refractivity contribution < 1.29 is 18.1 Å². The second-order valence-corrected chi connectivity index (χ2v) is 8.71. The van der Waals surface area contributed by atoms with Gasteiger partial charge in [-0.1, -0.05) is 12.5 Å². The van der Waals surface area contributed by atoms with Crippen molar-refractivity contribution in [2.24, 2.45) is 5.92 Å².